The molecule has 2 aromatic carbocycles. The van der Waals surface area contributed by atoms with Crippen LogP contribution in [0.4, 0.5) is 11.5 Å². The van der Waals surface area contributed by atoms with Gasteiger partial charge in [0.2, 0.25) is 0 Å². The maximum atomic E-state index is 13.0. The van der Waals surface area contributed by atoms with Gasteiger partial charge in [-0.25, -0.2) is 4.98 Å². The maximum Gasteiger partial charge on any atom is 0.258 e. The Labute approximate surface area is 181 Å². The van der Waals surface area contributed by atoms with Crippen LogP contribution in [0, 0.1) is 19.3 Å². The number of anilines is 2. The van der Waals surface area contributed by atoms with Crippen molar-refractivity contribution in [3.63, 3.8) is 0 Å². The fraction of sp³-hybridized carbons (Fsp3) is 0.167. The number of nitrogens with two attached hydrogens (primary N) is 1. The molecular formula is C24H25N5O2. The highest BCUT2D eigenvalue weighted by molar-refractivity contribution is 6.13. The number of amides is 2. The average molecular weight is 415 g/mol. The van der Waals surface area contributed by atoms with Crippen molar-refractivity contribution in [2.24, 2.45) is 5.73 Å². The molecule has 158 valence electrons. The minimum Gasteiger partial charge on any atom is -0.384 e. The number of carbonyl (C=O) groups is 2. The van der Waals surface area contributed by atoms with E-state index in [1.807, 2.05) is 32.9 Å². The predicted octanol–water partition coefficient (Wildman–Crippen LogP) is 4.05. The fourth-order valence-corrected chi connectivity index (χ4v) is 3.19. The highest BCUT2D eigenvalue weighted by Crippen LogP contribution is 2.25. The lowest BCUT2D eigenvalue weighted by Gasteiger charge is -2.15. The minimum absolute atomic E-state index is 0.0686. The minimum atomic E-state index is -0.360. The largest absolute Gasteiger partial charge is 0.384 e. The number of nitrogens with one attached hydrogen (secondary N) is 3. The number of aryl methyl sites for hydroxylation is 3. The van der Waals surface area contributed by atoms with Gasteiger partial charge >= 0.3 is 0 Å². The second-order valence-corrected chi connectivity index (χ2v) is 7.31. The number of carbonyl (C=O) groups excluding carboxylic acids is 2. The van der Waals surface area contributed by atoms with Crippen molar-refractivity contribution in [3.8, 4) is 0 Å². The van der Waals surface area contributed by atoms with Crippen LogP contribution in [0.25, 0.3) is 0 Å². The second-order valence-electron chi connectivity index (χ2n) is 7.31. The number of nitrogen functional groups attached to an aromatic ring is 1. The molecular weight excluding hydrogens is 390 g/mol. The number of nitrogens with zero attached hydrogens (tertiary/aromatic N) is 1. The van der Waals surface area contributed by atoms with Crippen LogP contribution in [0.5, 0.6) is 0 Å². The second kappa shape index (κ2) is 9.21. The van der Waals surface area contributed by atoms with Crippen LogP contribution in [-0.4, -0.2) is 22.6 Å². The quantitative estimate of drug-likeness (QED) is 0.358. The molecule has 3 rings (SSSR count). The van der Waals surface area contributed by atoms with Crippen molar-refractivity contribution in [2.75, 3.05) is 10.6 Å². The van der Waals surface area contributed by atoms with E-state index in [1.165, 1.54) is 0 Å². The molecule has 0 aliphatic heterocycles. The molecule has 31 heavy (non-hydrogen) atoms. The van der Waals surface area contributed by atoms with Gasteiger partial charge in [-0.2, -0.15) is 0 Å². The van der Waals surface area contributed by atoms with Gasteiger partial charge in [0.1, 0.15) is 11.7 Å². The maximum absolute atomic E-state index is 13.0. The summed E-state index contributed by atoms with van der Waals surface area (Å²) in [6.45, 7) is 5.77. The topological polar surface area (TPSA) is 121 Å². The van der Waals surface area contributed by atoms with E-state index < -0.39 is 0 Å². The van der Waals surface area contributed by atoms with E-state index in [9.17, 15) is 9.59 Å². The van der Waals surface area contributed by atoms with Crippen LogP contribution in [0.3, 0.4) is 0 Å². The number of pyridine rings is 1. The summed E-state index contributed by atoms with van der Waals surface area (Å²) in [4.78, 5) is 30.1. The Bertz CT molecular complexity index is 1140. The monoisotopic (exact) mass is 415 g/mol. The standard InChI is InChI=1S/C24H25N5O2/c1-4-16-5-10-20(27-13-16)28-24(31)19-12-14(2)11-15(3)21(19)29-23(30)18-8-6-17(7-9-18)22(25)26/h5-13H,4H2,1-3H3,(H3,25,26)(H,29,30)(H,27,28,31). The molecule has 0 bridgehead atoms. The van der Waals surface area contributed by atoms with Crippen molar-refractivity contribution in [2.45, 2.75) is 27.2 Å². The van der Waals surface area contributed by atoms with E-state index in [2.05, 4.69) is 15.6 Å². The fourth-order valence-electron chi connectivity index (χ4n) is 3.19. The number of aromatic nitrogens is 1. The molecule has 2 amide bonds. The first-order chi connectivity index (χ1) is 14.8. The molecule has 0 atom stereocenters. The molecule has 1 heterocycles. The normalized spacial score (nSPS) is 10.4. The summed E-state index contributed by atoms with van der Waals surface area (Å²) in [5.74, 6) is -0.341. The molecule has 0 radical (unpaired) electrons. The van der Waals surface area contributed by atoms with Gasteiger partial charge in [0.05, 0.1) is 11.3 Å². The molecule has 3 aromatic rings. The van der Waals surface area contributed by atoms with E-state index in [4.69, 9.17) is 11.1 Å². The lowest BCUT2D eigenvalue weighted by Crippen LogP contribution is -2.20. The zero-order valence-electron chi connectivity index (χ0n) is 17.7. The molecule has 0 fully saturated rings. The van der Waals surface area contributed by atoms with Crippen molar-refractivity contribution in [3.05, 3.63) is 88.1 Å². The lowest BCUT2D eigenvalue weighted by atomic mass is 10.0. The average Bonchev–Trinajstić information content (AvgIpc) is 2.75. The van der Waals surface area contributed by atoms with Gasteiger partial charge in [-0.05, 0) is 61.2 Å². The van der Waals surface area contributed by atoms with Gasteiger partial charge in [0.25, 0.3) is 11.8 Å². The van der Waals surface area contributed by atoms with Gasteiger partial charge < -0.3 is 16.4 Å². The van der Waals surface area contributed by atoms with E-state index in [-0.39, 0.29) is 17.6 Å². The molecule has 0 aliphatic rings. The predicted molar refractivity (Wildman–Crippen MR) is 123 cm³/mol. The molecule has 0 unspecified atom stereocenters. The van der Waals surface area contributed by atoms with E-state index in [1.54, 1.807) is 42.6 Å². The van der Waals surface area contributed by atoms with Gasteiger partial charge in [0, 0.05) is 17.3 Å². The molecule has 0 spiro atoms. The van der Waals surface area contributed by atoms with Crippen LogP contribution in [-0.2, 0) is 6.42 Å². The summed E-state index contributed by atoms with van der Waals surface area (Å²) in [5.41, 5.74) is 9.94. The third kappa shape index (κ3) is 5.14. The Hall–Kier alpha value is -4.00. The van der Waals surface area contributed by atoms with Crippen molar-refractivity contribution in [1.29, 1.82) is 5.41 Å². The van der Waals surface area contributed by atoms with Gasteiger partial charge in [-0.15, -0.1) is 0 Å². The molecule has 7 nitrogen and oxygen atoms in total. The van der Waals surface area contributed by atoms with Crippen LogP contribution >= 0.6 is 0 Å². The smallest absolute Gasteiger partial charge is 0.258 e. The van der Waals surface area contributed by atoms with Crippen molar-refractivity contribution < 1.29 is 9.59 Å². The highest BCUT2D eigenvalue weighted by Gasteiger charge is 2.18. The molecule has 0 saturated heterocycles. The number of hydrogen-bond acceptors (Lipinski definition) is 4. The Morgan fingerprint density at radius 3 is 2.23 bits per heavy atom. The Balaban J connectivity index is 1.87. The van der Waals surface area contributed by atoms with Gasteiger partial charge in [-0.3, -0.25) is 15.0 Å². The van der Waals surface area contributed by atoms with Gasteiger partial charge in [-0.1, -0.05) is 31.2 Å². The Kier molecular flexibility index (Phi) is 6.45. The number of hydrogen-bond donors (Lipinski definition) is 4. The summed E-state index contributed by atoms with van der Waals surface area (Å²) >= 11 is 0. The number of amidine groups is 1. The first kappa shape index (κ1) is 21.7. The highest BCUT2D eigenvalue weighted by atomic mass is 16.2. The summed E-state index contributed by atoms with van der Waals surface area (Å²) in [6.07, 6.45) is 2.59. The van der Waals surface area contributed by atoms with Crippen LogP contribution in [0.2, 0.25) is 0 Å². The summed E-state index contributed by atoms with van der Waals surface area (Å²) < 4.78 is 0. The van der Waals surface area contributed by atoms with E-state index in [0.717, 1.165) is 23.1 Å². The molecule has 0 saturated carbocycles. The molecule has 7 heteroatoms. The molecule has 1 aromatic heterocycles. The van der Waals surface area contributed by atoms with Crippen LogP contribution < -0.4 is 16.4 Å². The van der Waals surface area contributed by atoms with Crippen molar-refractivity contribution in [1.82, 2.24) is 4.98 Å². The third-order valence-corrected chi connectivity index (χ3v) is 4.90. The zero-order valence-corrected chi connectivity index (χ0v) is 17.7. The first-order valence-corrected chi connectivity index (χ1v) is 9.91. The summed E-state index contributed by atoms with van der Waals surface area (Å²) in [6, 6.07) is 13.7. The third-order valence-electron chi connectivity index (χ3n) is 4.90. The Morgan fingerprint density at radius 1 is 0.968 bits per heavy atom. The summed E-state index contributed by atoms with van der Waals surface area (Å²) in [7, 11) is 0. The van der Waals surface area contributed by atoms with Crippen LogP contribution in [0.15, 0.2) is 54.7 Å². The number of rotatable bonds is 6. The van der Waals surface area contributed by atoms with E-state index in [0.29, 0.717) is 28.2 Å². The lowest BCUT2D eigenvalue weighted by molar-refractivity contribution is 0.102. The molecule has 5 N–H and O–H groups in total. The SMILES string of the molecule is CCc1ccc(NC(=O)c2cc(C)cc(C)c2NC(=O)c2ccc(C(=N)N)cc2)nc1. The van der Waals surface area contributed by atoms with Gasteiger partial charge in [0.15, 0.2) is 0 Å². The molecule has 0 aliphatic carbocycles. The van der Waals surface area contributed by atoms with E-state index >= 15 is 0 Å². The number of benzene rings is 2. The first-order valence-electron chi connectivity index (χ1n) is 9.91. The zero-order chi connectivity index (χ0) is 22.5. The Morgan fingerprint density at radius 2 is 1.65 bits per heavy atom. The van der Waals surface area contributed by atoms with Crippen LogP contribution in [0.1, 0.15) is 49.9 Å². The summed E-state index contributed by atoms with van der Waals surface area (Å²) in [5, 5.41) is 13.1. The van der Waals surface area contributed by atoms with Crippen molar-refractivity contribution >= 4 is 29.2 Å².